The summed E-state index contributed by atoms with van der Waals surface area (Å²) >= 11 is 0. The maximum Gasteiger partial charge on any atom is 0.157 e. The predicted molar refractivity (Wildman–Crippen MR) is 40.6 cm³/mol. The van der Waals surface area contributed by atoms with Crippen molar-refractivity contribution in [2.75, 3.05) is 0 Å². The maximum atomic E-state index is 4.04. The molecule has 0 aromatic carbocycles. The zero-order valence-corrected chi connectivity index (χ0v) is 6.57. The van der Waals surface area contributed by atoms with Gasteiger partial charge in [0.05, 0.1) is 6.21 Å². The molecule has 11 heavy (non-hydrogen) atoms. The van der Waals surface area contributed by atoms with Crippen molar-refractivity contribution in [3.05, 3.63) is 11.6 Å². The smallest absolute Gasteiger partial charge is 0.157 e. The van der Waals surface area contributed by atoms with E-state index in [1.165, 1.54) is 0 Å². The molecular weight excluding hydrogens is 140 g/mol. The van der Waals surface area contributed by atoms with Crippen LogP contribution in [-0.4, -0.2) is 21.1 Å². The molecule has 0 saturated carbocycles. The third-order valence-electron chi connectivity index (χ3n) is 1.83. The van der Waals surface area contributed by atoms with Gasteiger partial charge in [0.25, 0.3) is 0 Å². The number of rotatable bonds is 0. The molecule has 0 amide bonds. The van der Waals surface area contributed by atoms with Crippen LogP contribution < -0.4 is 0 Å². The highest BCUT2D eigenvalue weighted by Crippen LogP contribution is 2.19. The number of fused-ring (bicyclic) bond motifs is 1. The van der Waals surface area contributed by atoms with Crippen LogP contribution in [0.5, 0.6) is 0 Å². The van der Waals surface area contributed by atoms with Crippen LogP contribution in [0.1, 0.15) is 30.9 Å². The summed E-state index contributed by atoms with van der Waals surface area (Å²) in [4.78, 5) is 0. The fourth-order valence-electron chi connectivity index (χ4n) is 1.14. The molecule has 0 saturated heterocycles. The van der Waals surface area contributed by atoms with Gasteiger partial charge in [0.1, 0.15) is 0 Å². The Hall–Kier alpha value is -1.19. The van der Waals surface area contributed by atoms with Gasteiger partial charge in [-0.15, -0.1) is 10.2 Å². The minimum atomic E-state index is 0.397. The monoisotopic (exact) mass is 149 g/mol. The summed E-state index contributed by atoms with van der Waals surface area (Å²) in [6, 6.07) is 0. The fourth-order valence-corrected chi connectivity index (χ4v) is 1.14. The van der Waals surface area contributed by atoms with E-state index < -0.39 is 0 Å². The van der Waals surface area contributed by atoms with Crippen molar-refractivity contribution < 1.29 is 0 Å². The van der Waals surface area contributed by atoms with Crippen molar-refractivity contribution in [2.24, 2.45) is 5.10 Å². The molecule has 1 atom stereocenters. The Labute approximate surface area is 64.9 Å². The van der Waals surface area contributed by atoms with Gasteiger partial charge in [-0.3, -0.25) is 0 Å². The second kappa shape index (κ2) is 2.15. The number of nitrogens with zero attached hydrogens (tertiary/aromatic N) is 4. The van der Waals surface area contributed by atoms with Crippen LogP contribution in [-0.2, 0) is 0 Å². The number of aryl methyl sites for hydroxylation is 1. The first-order valence-electron chi connectivity index (χ1n) is 3.65. The van der Waals surface area contributed by atoms with E-state index in [1.807, 2.05) is 6.92 Å². The molecule has 4 nitrogen and oxygen atoms in total. The summed E-state index contributed by atoms with van der Waals surface area (Å²) < 4.78 is 1.74. The van der Waals surface area contributed by atoms with Crippen molar-refractivity contribution >= 4 is 6.21 Å². The zero-order chi connectivity index (χ0) is 7.84. The van der Waals surface area contributed by atoms with Crippen LogP contribution in [0.25, 0.3) is 0 Å². The van der Waals surface area contributed by atoms with Crippen molar-refractivity contribution in [2.45, 2.75) is 26.2 Å². The molecule has 0 bridgehead atoms. The summed E-state index contributed by atoms with van der Waals surface area (Å²) in [5, 5.41) is 12.0. The number of aromatic nitrogens is 3. The Bertz CT molecular complexity index is 299. The van der Waals surface area contributed by atoms with E-state index in [-0.39, 0.29) is 0 Å². The molecule has 0 fully saturated rings. The first kappa shape index (κ1) is 6.52. The summed E-state index contributed by atoms with van der Waals surface area (Å²) in [5.41, 5.74) is 0. The van der Waals surface area contributed by atoms with Gasteiger partial charge in [-0.05, 0) is 6.92 Å². The van der Waals surface area contributed by atoms with E-state index in [4.69, 9.17) is 0 Å². The number of hydrogen-bond acceptors (Lipinski definition) is 3. The molecule has 57 valence electrons. The van der Waals surface area contributed by atoms with Gasteiger partial charge < -0.3 is 0 Å². The second-order valence-corrected chi connectivity index (χ2v) is 2.78. The molecule has 1 radical (unpaired) electrons. The molecule has 1 aromatic heterocycles. The predicted octanol–water partition coefficient (Wildman–Crippen LogP) is 0.805. The highest BCUT2D eigenvalue weighted by Gasteiger charge is 2.17. The molecule has 0 aliphatic carbocycles. The van der Waals surface area contributed by atoms with Crippen molar-refractivity contribution in [1.29, 1.82) is 0 Å². The van der Waals surface area contributed by atoms with Crippen molar-refractivity contribution in [1.82, 2.24) is 14.9 Å². The Balaban J connectivity index is 2.57. The highest BCUT2D eigenvalue weighted by atomic mass is 15.5. The molecule has 0 spiro atoms. The Morgan fingerprint density at radius 1 is 1.55 bits per heavy atom. The van der Waals surface area contributed by atoms with Crippen LogP contribution >= 0.6 is 0 Å². The number of hydrogen-bond donors (Lipinski definition) is 0. The molecule has 1 aliphatic heterocycles. The summed E-state index contributed by atoms with van der Waals surface area (Å²) in [5.74, 6) is 2.18. The third kappa shape index (κ3) is 0.859. The summed E-state index contributed by atoms with van der Waals surface area (Å²) in [7, 11) is 0. The van der Waals surface area contributed by atoms with Crippen LogP contribution in [0.3, 0.4) is 0 Å². The lowest BCUT2D eigenvalue weighted by Gasteiger charge is -2.11. The largest absolute Gasteiger partial charge is 0.201 e. The molecule has 1 unspecified atom stereocenters. The standard InChI is InChI=1S/C7H9N4/c1-5-3-4-8-11-6(2)9-10-7(5)11/h5H,3H2,1-2H3. The van der Waals surface area contributed by atoms with E-state index in [9.17, 15) is 0 Å². The van der Waals surface area contributed by atoms with Crippen LogP contribution in [0.2, 0.25) is 0 Å². The van der Waals surface area contributed by atoms with E-state index in [2.05, 4.69) is 28.4 Å². The highest BCUT2D eigenvalue weighted by molar-refractivity contribution is 5.59. The van der Waals surface area contributed by atoms with Crippen LogP contribution in [0.4, 0.5) is 0 Å². The molecule has 1 aromatic rings. The van der Waals surface area contributed by atoms with Crippen LogP contribution in [0, 0.1) is 6.92 Å². The average Bonchev–Trinajstić information content (AvgIpc) is 2.35. The molecule has 0 N–H and O–H groups in total. The molecule has 2 heterocycles. The normalized spacial score (nSPS) is 21.8. The van der Waals surface area contributed by atoms with Gasteiger partial charge >= 0.3 is 0 Å². The van der Waals surface area contributed by atoms with Gasteiger partial charge in [-0.1, -0.05) is 6.92 Å². The van der Waals surface area contributed by atoms with Gasteiger partial charge in [-0.25, -0.2) is 4.68 Å². The molecule has 1 aliphatic rings. The Morgan fingerprint density at radius 3 is 3.09 bits per heavy atom. The fraction of sp³-hybridized carbons (Fsp3) is 0.571. The minimum Gasteiger partial charge on any atom is -0.201 e. The molecule has 4 heteroatoms. The lowest BCUT2D eigenvalue weighted by Crippen LogP contribution is -2.09. The first-order chi connectivity index (χ1) is 5.29. The third-order valence-corrected chi connectivity index (χ3v) is 1.83. The second-order valence-electron chi connectivity index (χ2n) is 2.78. The van der Waals surface area contributed by atoms with E-state index in [0.717, 1.165) is 18.1 Å². The topological polar surface area (TPSA) is 43.1 Å². The van der Waals surface area contributed by atoms with E-state index in [1.54, 1.807) is 4.68 Å². The molecular formula is C7H9N4. The summed E-state index contributed by atoms with van der Waals surface area (Å²) in [6.07, 6.45) is 3.77. The van der Waals surface area contributed by atoms with Crippen LogP contribution in [0.15, 0.2) is 5.10 Å². The maximum absolute atomic E-state index is 4.04. The summed E-state index contributed by atoms with van der Waals surface area (Å²) in [6.45, 7) is 3.99. The lowest BCUT2D eigenvalue weighted by molar-refractivity contribution is 0.638. The Morgan fingerprint density at radius 2 is 2.36 bits per heavy atom. The Kier molecular flexibility index (Phi) is 1.27. The van der Waals surface area contributed by atoms with Gasteiger partial charge in [0.2, 0.25) is 0 Å². The van der Waals surface area contributed by atoms with Crippen molar-refractivity contribution in [3.63, 3.8) is 0 Å². The molecule has 2 rings (SSSR count). The van der Waals surface area contributed by atoms with E-state index in [0.29, 0.717) is 5.92 Å². The zero-order valence-electron chi connectivity index (χ0n) is 6.57. The first-order valence-corrected chi connectivity index (χ1v) is 3.65. The van der Waals surface area contributed by atoms with Gasteiger partial charge in [0, 0.05) is 12.3 Å². The quantitative estimate of drug-likeness (QED) is 0.547. The van der Waals surface area contributed by atoms with Gasteiger partial charge in [0.15, 0.2) is 11.6 Å². The van der Waals surface area contributed by atoms with Crippen molar-refractivity contribution in [3.8, 4) is 0 Å². The van der Waals surface area contributed by atoms with E-state index >= 15 is 0 Å². The minimum absolute atomic E-state index is 0.397. The van der Waals surface area contributed by atoms with Gasteiger partial charge in [-0.2, -0.15) is 5.10 Å². The average molecular weight is 149 g/mol. The SMILES string of the molecule is Cc1nnc2n1N=[C]CC2C. The lowest BCUT2D eigenvalue weighted by atomic mass is 10.1.